The van der Waals surface area contributed by atoms with Gasteiger partial charge < -0.3 is 10.3 Å². The van der Waals surface area contributed by atoms with Crippen LogP contribution >= 0.6 is 11.6 Å². The normalized spacial score (nSPS) is 16.5. The van der Waals surface area contributed by atoms with Crippen molar-refractivity contribution >= 4 is 11.6 Å². The quantitative estimate of drug-likeness (QED) is 0.363. The molecule has 1 atom stereocenters. The number of halogens is 1. The zero-order valence-electron chi connectivity index (χ0n) is 19.8. The smallest absolute Gasteiger partial charge is 0.137 e. The molecule has 5 rings (SSSR count). The van der Waals surface area contributed by atoms with Gasteiger partial charge >= 0.3 is 0 Å². The maximum absolute atomic E-state index is 6.14. The fourth-order valence-electron chi connectivity index (χ4n) is 5.43. The summed E-state index contributed by atoms with van der Waals surface area (Å²) in [6.07, 6.45) is 0. The van der Waals surface area contributed by atoms with Crippen molar-refractivity contribution in [3.05, 3.63) is 112 Å². The largest absolute Gasteiger partial charge is 0.342 e. The summed E-state index contributed by atoms with van der Waals surface area (Å²) in [5.41, 5.74) is 5.48. The molecule has 3 aromatic carbocycles. The molecular formula is C29H31ClN4. The zero-order valence-corrected chi connectivity index (χ0v) is 20.5. The van der Waals surface area contributed by atoms with E-state index in [1.807, 2.05) is 24.3 Å². The van der Waals surface area contributed by atoms with Gasteiger partial charge in [0.1, 0.15) is 5.82 Å². The number of aryl methyl sites for hydroxylation is 1. The Kier molecular flexibility index (Phi) is 6.55. The van der Waals surface area contributed by atoms with E-state index in [2.05, 4.69) is 89.7 Å². The van der Waals surface area contributed by atoms with Crippen molar-refractivity contribution in [1.29, 1.82) is 0 Å². The van der Waals surface area contributed by atoms with Gasteiger partial charge in [0, 0.05) is 48.4 Å². The second-order valence-electron chi connectivity index (χ2n) is 9.20. The van der Waals surface area contributed by atoms with Gasteiger partial charge in [-0.1, -0.05) is 72.3 Å². The molecule has 0 bridgehead atoms. The molecule has 0 radical (unpaired) electrons. The predicted molar refractivity (Wildman–Crippen MR) is 140 cm³/mol. The number of imidazole rings is 1. The average molecular weight is 471 g/mol. The summed E-state index contributed by atoms with van der Waals surface area (Å²) >= 11 is 6.14. The number of rotatable bonds is 6. The highest BCUT2D eigenvalue weighted by atomic mass is 35.5. The monoisotopic (exact) mass is 470 g/mol. The van der Waals surface area contributed by atoms with Gasteiger partial charge in [-0.25, -0.2) is 4.98 Å². The standard InChI is InChI=1S/C29H31ClN4/c1-21-27(33-28(32-21)24-13-15-25(30)16-14-24)29(2,34-19-17-31-18-20-34)26(22-9-5-3-6-10-22)23-11-7-4-8-12-23/h3-16,26,31H,17-20H2,1-2H3,(H,32,33). The van der Waals surface area contributed by atoms with Gasteiger partial charge in [0.05, 0.1) is 11.2 Å². The van der Waals surface area contributed by atoms with Crippen LogP contribution in [0.2, 0.25) is 5.02 Å². The third-order valence-corrected chi connectivity index (χ3v) is 7.34. The van der Waals surface area contributed by atoms with E-state index in [1.54, 1.807) is 0 Å². The van der Waals surface area contributed by atoms with Crippen LogP contribution in [0, 0.1) is 6.92 Å². The van der Waals surface area contributed by atoms with Gasteiger partial charge in [-0.2, -0.15) is 0 Å². The van der Waals surface area contributed by atoms with E-state index in [-0.39, 0.29) is 11.5 Å². The lowest BCUT2D eigenvalue weighted by molar-refractivity contribution is 0.0673. The fraction of sp³-hybridized carbons (Fsp3) is 0.276. The maximum atomic E-state index is 6.14. The van der Waals surface area contributed by atoms with E-state index in [9.17, 15) is 0 Å². The minimum absolute atomic E-state index is 0.119. The Morgan fingerprint density at radius 3 is 1.97 bits per heavy atom. The second kappa shape index (κ2) is 9.75. The zero-order chi connectivity index (χ0) is 23.5. The van der Waals surface area contributed by atoms with Crippen LogP contribution in [0.1, 0.15) is 35.4 Å². The third kappa shape index (κ3) is 4.29. The molecule has 1 unspecified atom stereocenters. The van der Waals surface area contributed by atoms with E-state index >= 15 is 0 Å². The first-order valence-electron chi connectivity index (χ1n) is 12.0. The molecule has 5 heteroatoms. The maximum Gasteiger partial charge on any atom is 0.137 e. The minimum atomic E-state index is -0.351. The SMILES string of the molecule is Cc1[nH]c(-c2ccc(Cl)cc2)nc1C(C)(C(c1ccccc1)c1ccccc1)N1CCNCC1. The van der Waals surface area contributed by atoms with E-state index in [1.165, 1.54) is 11.1 Å². The van der Waals surface area contributed by atoms with Crippen molar-refractivity contribution in [2.24, 2.45) is 0 Å². The lowest BCUT2D eigenvalue weighted by atomic mass is 9.72. The lowest BCUT2D eigenvalue weighted by Crippen LogP contribution is -2.56. The van der Waals surface area contributed by atoms with Crippen molar-refractivity contribution in [3.63, 3.8) is 0 Å². The first-order chi connectivity index (χ1) is 16.6. The highest BCUT2D eigenvalue weighted by molar-refractivity contribution is 6.30. The van der Waals surface area contributed by atoms with Gasteiger partial charge in [0.2, 0.25) is 0 Å². The average Bonchev–Trinajstić information content (AvgIpc) is 3.28. The Morgan fingerprint density at radius 1 is 0.853 bits per heavy atom. The van der Waals surface area contributed by atoms with Crippen LogP contribution in [-0.4, -0.2) is 41.0 Å². The van der Waals surface area contributed by atoms with Gasteiger partial charge in [-0.15, -0.1) is 0 Å². The van der Waals surface area contributed by atoms with E-state index in [0.29, 0.717) is 0 Å². The fourth-order valence-corrected chi connectivity index (χ4v) is 5.55. The second-order valence-corrected chi connectivity index (χ2v) is 9.64. The van der Waals surface area contributed by atoms with Crippen molar-refractivity contribution < 1.29 is 0 Å². The molecule has 2 heterocycles. The summed E-state index contributed by atoms with van der Waals surface area (Å²) in [5.74, 6) is 0.999. The molecule has 0 spiro atoms. The first kappa shape index (κ1) is 22.9. The molecule has 174 valence electrons. The Hall–Kier alpha value is -2.92. The number of benzene rings is 3. The summed E-state index contributed by atoms with van der Waals surface area (Å²) in [6.45, 7) is 8.40. The Balaban J connectivity index is 1.71. The molecule has 1 saturated heterocycles. The molecule has 4 aromatic rings. The number of aromatic amines is 1. The molecule has 0 saturated carbocycles. The summed E-state index contributed by atoms with van der Waals surface area (Å²) in [5, 5.41) is 4.25. The lowest BCUT2D eigenvalue weighted by Gasteiger charge is -2.48. The van der Waals surface area contributed by atoms with E-state index in [4.69, 9.17) is 16.6 Å². The number of hydrogen-bond acceptors (Lipinski definition) is 3. The molecule has 0 aliphatic carbocycles. The van der Waals surface area contributed by atoms with Gasteiger partial charge in [0.15, 0.2) is 0 Å². The highest BCUT2D eigenvalue weighted by Crippen LogP contribution is 2.46. The topological polar surface area (TPSA) is 44.0 Å². The molecule has 0 amide bonds. The number of aromatic nitrogens is 2. The Labute approximate surface area is 207 Å². The molecule has 1 aliphatic rings. The van der Waals surface area contributed by atoms with Crippen LogP contribution in [0.3, 0.4) is 0 Å². The van der Waals surface area contributed by atoms with Crippen LogP contribution in [0.25, 0.3) is 11.4 Å². The van der Waals surface area contributed by atoms with Crippen LogP contribution < -0.4 is 5.32 Å². The van der Waals surface area contributed by atoms with Crippen LogP contribution in [0.5, 0.6) is 0 Å². The van der Waals surface area contributed by atoms with Crippen molar-refractivity contribution in [3.8, 4) is 11.4 Å². The number of piperazine rings is 1. The van der Waals surface area contributed by atoms with Crippen molar-refractivity contribution in [1.82, 2.24) is 20.2 Å². The molecule has 1 fully saturated rings. The molecule has 4 nitrogen and oxygen atoms in total. The van der Waals surface area contributed by atoms with Crippen molar-refractivity contribution in [2.45, 2.75) is 25.3 Å². The van der Waals surface area contributed by atoms with Crippen molar-refractivity contribution in [2.75, 3.05) is 26.2 Å². The Morgan fingerprint density at radius 2 is 1.41 bits per heavy atom. The third-order valence-electron chi connectivity index (χ3n) is 7.08. The first-order valence-corrected chi connectivity index (χ1v) is 12.3. The molecule has 2 N–H and O–H groups in total. The van der Waals surface area contributed by atoms with Crippen LogP contribution in [-0.2, 0) is 5.54 Å². The molecular weight excluding hydrogens is 440 g/mol. The molecule has 34 heavy (non-hydrogen) atoms. The number of H-pyrrole nitrogens is 1. The summed E-state index contributed by atoms with van der Waals surface area (Å²) < 4.78 is 0. The Bertz CT molecular complexity index is 1170. The number of nitrogens with zero attached hydrogens (tertiary/aromatic N) is 2. The van der Waals surface area contributed by atoms with Gasteiger partial charge in [-0.3, -0.25) is 4.90 Å². The summed E-state index contributed by atoms with van der Waals surface area (Å²) in [4.78, 5) is 11.5. The number of nitrogens with one attached hydrogen (secondary N) is 2. The summed E-state index contributed by atoms with van der Waals surface area (Å²) in [7, 11) is 0. The minimum Gasteiger partial charge on any atom is -0.342 e. The highest BCUT2D eigenvalue weighted by Gasteiger charge is 2.46. The van der Waals surface area contributed by atoms with E-state index < -0.39 is 0 Å². The van der Waals surface area contributed by atoms with Gasteiger partial charge in [-0.05, 0) is 49.2 Å². The van der Waals surface area contributed by atoms with E-state index in [0.717, 1.165) is 54.0 Å². The predicted octanol–water partition coefficient (Wildman–Crippen LogP) is 5.99. The molecule has 1 aliphatic heterocycles. The van der Waals surface area contributed by atoms with Gasteiger partial charge in [0.25, 0.3) is 0 Å². The van der Waals surface area contributed by atoms with Crippen LogP contribution in [0.4, 0.5) is 0 Å². The summed E-state index contributed by atoms with van der Waals surface area (Å²) in [6, 6.07) is 29.6. The molecule has 1 aromatic heterocycles. The van der Waals surface area contributed by atoms with Crippen LogP contribution in [0.15, 0.2) is 84.9 Å². The number of hydrogen-bond donors (Lipinski definition) is 2.